The van der Waals surface area contributed by atoms with Crippen LogP contribution in [0.25, 0.3) is 0 Å². The third-order valence-corrected chi connectivity index (χ3v) is 11.5. The van der Waals surface area contributed by atoms with E-state index in [9.17, 15) is 48.7 Å². The Morgan fingerprint density at radius 3 is 1.91 bits per heavy atom. The molecular weight excluding hydrogens is 711 g/mol. The maximum atomic E-state index is 14.8. The Bertz CT molecular complexity index is 1550. The molecule has 0 spiro atoms. The predicted octanol–water partition coefficient (Wildman–Crippen LogP) is 7.79. The molecule has 0 radical (unpaired) electrons. The quantitative estimate of drug-likeness (QED) is 0.223. The summed E-state index contributed by atoms with van der Waals surface area (Å²) in [7, 11) is -4.44. The molecule has 2 aromatic rings. The lowest BCUT2D eigenvalue weighted by Crippen LogP contribution is -2.50. The Labute approximate surface area is 270 Å². The van der Waals surface area contributed by atoms with E-state index in [1.165, 1.54) is 23.1 Å². The smallest absolute Gasteiger partial charge is 0.435 e. The minimum absolute atomic E-state index is 0.0715. The summed E-state index contributed by atoms with van der Waals surface area (Å²) in [6.07, 6.45) is -11.5. The van der Waals surface area contributed by atoms with Crippen molar-refractivity contribution in [1.29, 1.82) is 0 Å². The average Bonchev–Trinajstić information content (AvgIpc) is 3.42. The van der Waals surface area contributed by atoms with Gasteiger partial charge in [0.15, 0.2) is 9.84 Å². The van der Waals surface area contributed by atoms with E-state index in [1.807, 2.05) is 0 Å². The average molecular weight is 745 g/mol. The summed E-state index contributed by atoms with van der Waals surface area (Å²) in [5, 5.41) is 0. The normalized spacial score (nSPS) is 23.3. The molecule has 0 aromatic heterocycles. The van der Waals surface area contributed by atoms with Gasteiger partial charge < -0.3 is 9.64 Å². The first kappa shape index (κ1) is 36.2. The molecule has 1 amide bonds. The highest BCUT2D eigenvalue weighted by atomic mass is 79.9. The molecule has 1 aliphatic heterocycles. The van der Waals surface area contributed by atoms with Crippen molar-refractivity contribution in [2.75, 3.05) is 13.1 Å². The van der Waals surface area contributed by atoms with E-state index in [0.29, 0.717) is 30.2 Å². The van der Waals surface area contributed by atoms with Crippen LogP contribution in [0.15, 0.2) is 57.9 Å². The summed E-state index contributed by atoms with van der Waals surface area (Å²) in [6.45, 7) is 4.73. The van der Waals surface area contributed by atoms with Gasteiger partial charge in [-0.05, 0) is 76.6 Å². The summed E-state index contributed by atoms with van der Waals surface area (Å²) in [6, 6.07) is 7.67. The molecule has 1 unspecified atom stereocenters. The molecule has 1 saturated carbocycles. The monoisotopic (exact) mass is 743 g/mol. The summed E-state index contributed by atoms with van der Waals surface area (Å²) in [5.74, 6) is -1.67. The van der Waals surface area contributed by atoms with Crippen molar-refractivity contribution >= 4 is 37.6 Å². The van der Waals surface area contributed by atoms with Gasteiger partial charge in [0.05, 0.1) is 10.8 Å². The van der Waals surface area contributed by atoms with E-state index >= 15 is 0 Å². The van der Waals surface area contributed by atoms with Gasteiger partial charge >= 0.3 is 24.0 Å². The second-order valence-corrected chi connectivity index (χ2v) is 16.0. The molecule has 2 aliphatic rings. The van der Waals surface area contributed by atoms with Crippen molar-refractivity contribution in [2.24, 2.45) is 11.8 Å². The molecule has 46 heavy (non-hydrogen) atoms. The zero-order valence-electron chi connectivity index (χ0n) is 25.1. The van der Waals surface area contributed by atoms with Gasteiger partial charge in [-0.1, -0.05) is 46.3 Å². The number of hydrogen-bond donors (Lipinski definition) is 0. The summed E-state index contributed by atoms with van der Waals surface area (Å²) < 4.78 is 128. The fraction of sp³-hybridized carbons (Fsp3) is 0.548. The van der Waals surface area contributed by atoms with Gasteiger partial charge in [0.1, 0.15) is 10.3 Å². The molecule has 1 saturated heterocycles. The Morgan fingerprint density at radius 2 is 1.41 bits per heavy atom. The number of likely N-dealkylation sites (tertiary alicyclic amines) is 1. The maximum absolute atomic E-state index is 14.8. The highest BCUT2D eigenvalue weighted by molar-refractivity contribution is 9.10. The Kier molecular flexibility index (Phi) is 9.75. The zero-order chi connectivity index (χ0) is 34.5. The van der Waals surface area contributed by atoms with Crippen LogP contribution in [0.2, 0.25) is 0 Å². The van der Waals surface area contributed by atoms with Crippen molar-refractivity contribution in [3.05, 3.63) is 64.1 Å². The van der Waals surface area contributed by atoms with Crippen LogP contribution in [0.1, 0.15) is 64.0 Å². The molecule has 2 fully saturated rings. The van der Waals surface area contributed by atoms with Gasteiger partial charge in [0.2, 0.25) is 5.91 Å². The highest BCUT2D eigenvalue weighted by Gasteiger charge is 2.73. The first-order chi connectivity index (χ1) is 21.0. The number of rotatable bonds is 6. The number of alkyl halides is 7. The van der Waals surface area contributed by atoms with Crippen LogP contribution in [0.4, 0.5) is 30.7 Å². The number of esters is 1. The Balaban J connectivity index is 1.67. The molecule has 1 aliphatic carbocycles. The van der Waals surface area contributed by atoms with Crippen LogP contribution in [0, 0.1) is 11.8 Å². The predicted molar refractivity (Wildman–Crippen MR) is 157 cm³/mol. The molecule has 0 bridgehead atoms. The number of halogens is 8. The molecule has 6 nitrogen and oxygen atoms in total. The fourth-order valence-corrected chi connectivity index (χ4v) is 8.82. The number of benzene rings is 2. The third kappa shape index (κ3) is 6.67. The first-order valence-corrected chi connectivity index (χ1v) is 16.8. The standard InChI is InChI=1S/C31H33BrF7NO5S/c1-27(2,3)45-26(42)20-9-7-19(8-10-20)25(41)40-16-15-28(18-40,46(43,44)24-6-4-5-23(32)17-24)21-11-13-22(14-12-21)29(33,30(34,35)36)31(37,38)39/h4-6,11-14,17,19-20H,7-10,15-16,18H2,1-3H3. The minimum atomic E-state index is -6.34. The van der Waals surface area contributed by atoms with E-state index in [-0.39, 0.29) is 47.4 Å². The number of sulfone groups is 1. The van der Waals surface area contributed by atoms with E-state index < -0.39 is 62.2 Å². The van der Waals surface area contributed by atoms with E-state index in [0.717, 1.165) is 12.1 Å². The number of hydrogen-bond acceptors (Lipinski definition) is 5. The summed E-state index contributed by atoms with van der Waals surface area (Å²) in [5.41, 5.74) is -8.30. The number of amides is 1. The largest absolute Gasteiger partial charge is 0.460 e. The van der Waals surface area contributed by atoms with Crippen molar-refractivity contribution in [3.8, 4) is 0 Å². The molecule has 1 atom stereocenters. The van der Waals surface area contributed by atoms with Crippen LogP contribution < -0.4 is 0 Å². The topological polar surface area (TPSA) is 80.8 Å². The first-order valence-electron chi connectivity index (χ1n) is 14.5. The highest BCUT2D eigenvalue weighted by Crippen LogP contribution is 2.54. The minimum Gasteiger partial charge on any atom is -0.460 e. The number of ether oxygens (including phenoxy) is 1. The van der Waals surface area contributed by atoms with Crippen LogP contribution in [0.5, 0.6) is 0 Å². The lowest BCUT2D eigenvalue weighted by Gasteiger charge is -2.34. The molecule has 0 N–H and O–H groups in total. The molecule has 2 aromatic carbocycles. The molecule has 4 rings (SSSR count). The second-order valence-electron chi connectivity index (χ2n) is 12.8. The van der Waals surface area contributed by atoms with Crippen molar-refractivity contribution < 1.29 is 53.5 Å². The number of carbonyl (C=O) groups excluding carboxylic acids is 2. The van der Waals surface area contributed by atoms with E-state index in [4.69, 9.17) is 4.74 Å². The lowest BCUT2D eigenvalue weighted by atomic mass is 9.81. The fourth-order valence-electron chi connectivity index (χ4n) is 6.15. The second kappa shape index (κ2) is 12.4. The Morgan fingerprint density at radius 1 is 0.870 bits per heavy atom. The van der Waals surface area contributed by atoms with Gasteiger partial charge in [-0.25, -0.2) is 12.8 Å². The van der Waals surface area contributed by atoms with E-state index in [2.05, 4.69) is 15.9 Å². The van der Waals surface area contributed by atoms with Gasteiger partial charge in [0.25, 0.3) is 0 Å². The molecule has 1 heterocycles. The van der Waals surface area contributed by atoms with Crippen molar-refractivity contribution in [2.45, 2.75) is 86.1 Å². The zero-order valence-corrected chi connectivity index (χ0v) is 27.5. The van der Waals surface area contributed by atoms with Gasteiger partial charge in [-0.2, -0.15) is 26.3 Å². The van der Waals surface area contributed by atoms with Gasteiger partial charge in [0, 0.05) is 29.0 Å². The number of carbonyl (C=O) groups is 2. The van der Waals surface area contributed by atoms with Crippen LogP contribution in [-0.2, 0) is 34.6 Å². The molecular formula is C31H33BrF7NO5S. The lowest BCUT2D eigenvalue weighted by molar-refractivity contribution is -0.348. The van der Waals surface area contributed by atoms with Gasteiger partial charge in [-0.15, -0.1) is 0 Å². The Hall–Kier alpha value is -2.68. The van der Waals surface area contributed by atoms with Crippen LogP contribution in [-0.4, -0.2) is 56.2 Å². The third-order valence-electron chi connectivity index (χ3n) is 8.57. The van der Waals surface area contributed by atoms with E-state index in [1.54, 1.807) is 26.8 Å². The van der Waals surface area contributed by atoms with Gasteiger partial charge in [-0.3, -0.25) is 9.59 Å². The SMILES string of the molecule is CC(C)(C)OC(=O)C1CCC(C(=O)N2CCC(c3ccc(C(F)(C(F)(F)F)C(F)(F)F)cc3)(S(=O)(=O)c3cccc(Br)c3)C2)CC1. The maximum Gasteiger partial charge on any atom is 0.435 e. The summed E-state index contributed by atoms with van der Waals surface area (Å²) in [4.78, 5) is 27.3. The molecule has 254 valence electrons. The van der Waals surface area contributed by atoms with Crippen molar-refractivity contribution in [3.63, 3.8) is 0 Å². The number of nitrogens with zero attached hydrogens (tertiary/aromatic N) is 1. The summed E-state index contributed by atoms with van der Waals surface area (Å²) >= 11 is 3.21. The van der Waals surface area contributed by atoms with Crippen molar-refractivity contribution in [1.82, 2.24) is 4.90 Å². The van der Waals surface area contributed by atoms with Crippen LogP contribution in [0.3, 0.4) is 0 Å². The molecule has 15 heteroatoms. The van der Waals surface area contributed by atoms with Crippen LogP contribution >= 0.6 is 15.9 Å².